The summed E-state index contributed by atoms with van der Waals surface area (Å²) in [6.45, 7) is 1.89. The molecule has 0 fully saturated rings. The molecule has 1 nitrogen and oxygen atoms in total. The van der Waals surface area contributed by atoms with Gasteiger partial charge in [-0.15, -0.1) is 0 Å². The number of rotatable bonds is 2. The average Bonchev–Trinajstić information content (AvgIpc) is 2.05. The lowest BCUT2D eigenvalue weighted by Crippen LogP contribution is -1.91. The molecule has 0 radical (unpaired) electrons. The highest BCUT2D eigenvalue weighted by atomic mass is 79.9. The van der Waals surface area contributed by atoms with Gasteiger partial charge in [0.2, 0.25) is 0 Å². The number of hydrogen-bond donors (Lipinski definition) is 1. The van der Waals surface area contributed by atoms with Crippen LogP contribution in [0.15, 0.2) is 40.9 Å². The largest absolute Gasteiger partial charge is 0.384 e. The van der Waals surface area contributed by atoms with E-state index in [9.17, 15) is 5.11 Å². The minimum Gasteiger partial charge on any atom is -0.384 e. The first-order chi connectivity index (χ1) is 5.74. The first kappa shape index (κ1) is 9.49. The fourth-order valence-corrected chi connectivity index (χ4v) is 1.40. The van der Waals surface area contributed by atoms with Gasteiger partial charge in [0.25, 0.3) is 0 Å². The summed E-state index contributed by atoms with van der Waals surface area (Å²) in [5, 5.41) is 9.54. The van der Waals surface area contributed by atoms with Crippen molar-refractivity contribution in [3.05, 3.63) is 46.5 Å². The molecule has 1 rings (SSSR count). The van der Waals surface area contributed by atoms with Gasteiger partial charge in [0.15, 0.2) is 0 Å². The number of allylic oxidation sites excluding steroid dienone is 1. The van der Waals surface area contributed by atoms with Gasteiger partial charge in [-0.1, -0.05) is 40.2 Å². The molecule has 0 aliphatic carbocycles. The van der Waals surface area contributed by atoms with Crippen LogP contribution in [0.4, 0.5) is 0 Å². The Hall–Kier alpha value is -0.600. The second-order valence-corrected chi connectivity index (χ2v) is 3.44. The minimum absolute atomic E-state index is 0.493. The van der Waals surface area contributed by atoms with Crippen LogP contribution in [0.2, 0.25) is 0 Å². The lowest BCUT2D eigenvalue weighted by molar-refractivity contribution is 0.228. The predicted octanol–water partition coefficient (Wildman–Crippen LogP) is 3.06. The van der Waals surface area contributed by atoms with E-state index in [1.807, 2.05) is 37.3 Å². The fraction of sp³-hybridized carbons (Fsp3) is 0.200. The molecular formula is C10H11BrO. The van der Waals surface area contributed by atoms with Crippen LogP contribution < -0.4 is 0 Å². The van der Waals surface area contributed by atoms with Crippen LogP contribution in [-0.4, -0.2) is 5.11 Å². The van der Waals surface area contributed by atoms with E-state index in [2.05, 4.69) is 15.9 Å². The summed E-state index contributed by atoms with van der Waals surface area (Å²) in [6, 6.07) is 7.65. The van der Waals surface area contributed by atoms with Crippen molar-refractivity contribution in [2.45, 2.75) is 13.0 Å². The Kier molecular flexibility index (Phi) is 3.50. The molecule has 1 aromatic carbocycles. The summed E-state index contributed by atoms with van der Waals surface area (Å²) in [5.41, 5.74) is 0.905. The molecule has 12 heavy (non-hydrogen) atoms. The molecule has 1 unspecified atom stereocenters. The van der Waals surface area contributed by atoms with Gasteiger partial charge in [0.05, 0.1) is 6.10 Å². The Morgan fingerprint density at radius 1 is 1.50 bits per heavy atom. The van der Waals surface area contributed by atoms with Gasteiger partial charge >= 0.3 is 0 Å². The number of aliphatic hydroxyl groups is 1. The first-order valence-electron chi connectivity index (χ1n) is 3.80. The van der Waals surface area contributed by atoms with Crippen molar-refractivity contribution >= 4 is 15.9 Å². The summed E-state index contributed by atoms with van der Waals surface area (Å²) in [5.74, 6) is 0. The van der Waals surface area contributed by atoms with Crippen LogP contribution in [0.3, 0.4) is 0 Å². The Bertz CT molecular complexity index is 281. The Balaban J connectivity index is 2.87. The second kappa shape index (κ2) is 4.43. The van der Waals surface area contributed by atoms with Crippen molar-refractivity contribution in [3.63, 3.8) is 0 Å². The standard InChI is InChI=1S/C10H11BrO/c1-2-4-10(12)8-5-3-6-9(11)7-8/h2-7,10,12H,1H3/b4-2+. The van der Waals surface area contributed by atoms with Crippen molar-refractivity contribution < 1.29 is 5.11 Å². The van der Waals surface area contributed by atoms with Gasteiger partial charge in [0, 0.05) is 4.47 Å². The third-order valence-electron chi connectivity index (χ3n) is 1.56. The lowest BCUT2D eigenvalue weighted by atomic mass is 10.1. The first-order valence-corrected chi connectivity index (χ1v) is 4.59. The molecule has 0 bridgehead atoms. The zero-order chi connectivity index (χ0) is 8.97. The molecule has 1 atom stereocenters. The third-order valence-corrected chi connectivity index (χ3v) is 2.06. The van der Waals surface area contributed by atoms with Crippen molar-refractivity contribution in [1.82, 2.24) is 0 Å². The van der Waals surface area contributed by atoms with Crippen molar-refractivity contribution in [3.8, 4) is 0 Å². The van der Waals surface area contributed by atoms with E-state index in [-0.39, 0.29) is 0 Å². The quantitative estimate of drug-likeness (QED) is 0.770. The molecule has 0 amide bonds. The molecule has 64 valence electrons. The molecule has 0 spiro atoms. The van der Waals surface area contributed by atoms with Crippen molar-refractivity contribution in [2.24, 2.45) is 0 Å². The van der Waals surface area contributed by atoms with E-state index in [0.29, 0.717) is 0 Å². The van der Waals surface area contributed by atoms with E-state index >= 15 is 0 Å². The van der Waals surface area contributed by atoms with Gasteiger partial charge in [-0.3, -0.25) is 0 Å². The highest BCUT2D eigenvalue weighted by molar-refractivity contribution is 9.10. The molecule has 1 N–H and O–H groups in total. The summed E-state index contributed by atoms with van der Waals surface area (Å²) in [6.07, 6.45) is 3.10. The molecule has 0 aliphatic heterocycles. The molecule has 0 heterocycles. The molecule has 0 aliphatic rings. The summed E-state index contributed by atoms with van der Waals surface area (Å²) in [7, 11) is 0. The molecule has 0 saturated heterocycles. The van der Waals surface area contributed by atoms with Crippen molar-refractivity contribution in [1.29, 1.82) is 0 Å². The smallest absolute Gasteiger partial charge is 0.0972 e. The highest BCUT2D eigenvalue weighted by Crippen LogP contribution is 2.18. The summed E-state index contributed by atoms with van der Waals surface area (Å²) < 4.78 is 0.989. The van der Waals surface area contributed by atoms with Crippen LogP contribution in [0.5, 0.6) is 0 Å². The zero-order valence-corrected chi connectivity index (χ0v) is 8.45. The van der Waals surface area contributed by atoms with Crippen LogP contribution in [-0.2, 0) is 0 Å². The topological polar surface area (TPSA) is 20.2 Å². The molecular weight excluding hydrogens is 216 g/mol. The maximum atomic E-state index is 9.54. The number of benzene rings is 1. The Labute approximate surface area is 80.9 Å². The van der Waals surface area contributed by atoms with Crippen LogP contribution in [0.25, 0.3) is 0 Å². The molecule has 0 saturated carbocycles. The van der Waals surface area contributed by atoms with Crippen molar-refractivity contribution in [2.75, 3.05) is 0 Å². The predicted molar refractivity (Wildman–Crippen MR) is 53.9 cm³/mol. The summed E-state index contributed by atoms with van der Waals surface area (Å²) in [4.78, 5) is 0. The van der Waals surface area contributed by atoms with E-state index in [1.165, 1.54) is 0 Å². The monoisotopic (exact) mass is 226 g/mol. The Morgan fingerprint density at radius 2 is 2.25 bits per heavy atom. The van der Waals surface area contributed by atoms with Gasteiger partial charge in [0.1, 0.15) is 0 Å². The maximum Gasteiger partial charge on any atom is 0.0972 e. The van der Waals surface area contributed by atoms with Crippen LogP contribution in [0.1, 0.15) is 18.6 Å². The zero-order valence-electron chi connectivity index (χ0n) is 6.87. The number of aliphatic hydroxyl groups excluding tert-OH is 1. The van der Waals surface area contributed by atoms with Gasteiger partial charge in [-0.2, -0.15) is 0 Å². The minimum atomic E-state index is -0.493. The lowest BCUT2D eigenvalue weighted by Gasteiger charge is -2.05. The molecule has 0 aromatic heterocycles. The van der Waals surface area contributed by atoms with E-state index in [0.717, 1.165) is 10.0 Å². The number of hydrogen-bond acceptors (Lipinski definition) is 1. The van der Waals surface area contributed by atoms with E-state index in [1.54, 1.807) is 6.08 Å². The molecule has 1 aromatic rings. The van der Waals surface area contributed by atoms with Gasteiger partial charge < -0.3 is 5.11 Å². The second-order valence-electron chi connectivity index (χ2n) is 2.53. The highest BCUT2D eigenvalue weighted by Gasteiger charge is 2.01. The summed E-state index contributed by atoms with van der Waals surface area (Å²) >= 11 is 3.35. The maximum absolute atomic E-state index is 9.54. The fourth-order valence-electron chi connectivity index (χ4n) is 0.984. The van der Waals surface area contributed by atoms with Gasteiger partial charge in [-0.25, -0.2) is 0 Å². The Morgan fingerprint density at radius 3 is 2.83 bits per heavy atom. The van der Waals surface area contributed by atoms with Crippen LogP contribution in [0, 0.1) is 0 Å². The molecule has 2 heteroatoms. The van der Waals surface area contributed by atoms with Crippen LogP contribution >= 0.6 is 15.9 Å². The average molecular weight is 227 g/mol. The normalized spacial score (nSPS) is 13.6. The third kappa shape index (κ3) is 2.47. The number of halogens is 1. The SMILES string of the molecule is C/C=C/C(O)c1cccc(Br)c1. The van der Waals surface area contributed by atoms with E-state index in [4.69, 9.17) is 0 Å². The van der Waals surface area contributed by atoms with Gasteiger partial charge in [-0.05, 0) is 24.6 Å². The van der Waals surface area contributed by atoms with E-state index < -0.39 is 6.10 Å².